The zero-order valence-corrected chi connectivity index (χ0v) is 11.2. The van der Waals surface area contributed by atoms with Crippen molar-refractivity contribution >= 4 is 17.6 Å². The molecule has 1 amide bonds. The molecule has 0 heterocycles. The highest BCUT2D eigenvalue weighted by Gasteiger charge is 2.51. The minimum absolute atomic E-state index is 0.229. The molecule has 2 aliphatic rings. The highest BCUT2D eigenvalue weighted by molar-refractivity contribution is 5.96. The third-order valence-electron chi connectivity index (χ3n) is 4.34. The number of carbonyl (C=O) groups is 2. The number of nitrogens with one attached hydrogen (secondary N) is 1. The van der Waals surface area contributed by atoms with E-state index in [9.17, 15) is 27.9 Å². The molecular formula is C15H12F3NO3. The second kappa shape index (κ2) is 5.15. The van der Waals surface area contributed by atoms with Crippen LogP contribution in [0.3, 0.4) is 0 Å². The first kappa shape index (κ1) is 14.6. The van der Waals surface area contributed by atoms with E-state index in [1.54, 1.807) is 12.2 Å². The number of carbonyl (C=O) groups excluding carboxylic acids is 1. The molecule has 0 radical (unpaired) electrons. The molecule has 4 atom stereocenters. The van der Waals surface area contributed by atoms with Crippen LogP contribution < -0.4 is 5.32 Å². The summed E-state index contributed by atoms with van der Waals surface area (Å²) in [6.45, 7) is 0. The summed E-state index contributed by atoms with van der Waals surface area (Å²) in [6.07, 6.45) is 4.09. The van der Waals surface area contributed by atoms with Crippen molar-refractivity contribution in [2.45, 2.75) is 6.42 Å². The van der Waals surface area contributed by atoms with Gasteiger partial charge in [-0.25, -0.2) is 13.2 Å². The summed E-state index contributed by atoms with van der Waals surface area (Å²) in [4.78, 5) is 23.6. The lowest BCUT2D eigenvalue weighted by molar-refractivity contribution is -0.146. The number of anilines is 1. The Hall–Kier alpha value is -2.31. The molecule has 1 fully saturated rings. The maximum Gasteiger partial charge on any atom is 0.307 e. The average molecular weight is 311 g/mol. The third-order valence-corrected chi connectivity index (χ3v) is 4.34. The second-order valence-electron chi connectivity index (χ2n) is 5.55. The van der Waals surface area contributed by atoms with Crippen LogP contribution >= 0.6 is 0 Å². The minimum atomic E-state index is -1.68. The predicted molar refractivity (Wildman–Crippen MR) is 70.3 cm³/mol. The van der Waals surface area contributed by atoms with Crippen molar-refractivity contribution in [2.75, 3.05) is 5.32 Å². The normalized spacial score (nSPS) is 28.9. The van der Waals surface area contributed by atoms with E-state index in [-0.39, 0.29) is 11.8 Å². The number of carboxylic acid groups (broad SMARTS) is 1. The number of aliphatic carboxylic acids is 1. The Morgan fingerprint density at radius 3 is 2.32 bits per heavy atom. The highest BCUT2D eigenvalue weighted by atomic mass is 19.2. The van der Waals surface area contributed by atoms with Crippen molar-refractivity contribution in [3.8, 4) is 0 Å². The molecule has 2 aliphatic carbocycles. The van der Waals surface area contributed by atoms with Gasteiger partial charge in [0, 0.05) is 0 Å². The Morgan fingerprint density at radius 2 is 1.68 bits per heavy atom. The fourth-order valence-electron chi connectivity index (χ4n) is 3.35. The maximum atomic E-state index is 13.6. The summed E-state index contributed by atoms with van der Waals surface area (Å²) in [5.74, 6) is -8.53. The van der Waals surface area contributed by atoms with Crippen LogP contribution in [0.4, 0.5) is 18.9 Å². The van der Waals surface area contributed by atoms with Gasteiger partial charge in [-0.05, 0) is 30.4 Å². The smallest absolute Gasteiger partial charge is 0.307 e. The molecule has 2 bridgehead atoms. The molecule has 4 nitrogen and oxygen atoms in total. The van der Waals surface area contributed by atoms with Gasteiger partial charge < -0.3 is 10.4 Å². The zero-order valence-electron chi connectivity index (χ0n) is 11.2. The fraction of sp³-hybridized carbons (Fsp3) is 0.333. The molecule has 0 saturated heterocycles. The van der Waals surface area contributed by atoms with E-state index in [4.69, 9.17) is 0 Å². The molecular weight excluding hydrogens is 299 g/mol. The standard InChI is InChI=1S/C15H12F3NO3/c16-8-3-4-9(13(18)12(8)17)19-14(20)10-6-1-2-7(5-6)11(10)15(21)22/h1-4,6-7,10-11H,5H2,(H,19,20)(H,21,22)/t6-,7+,10-,11+/m1/s1. The molecule has 0 aliphatic heterocycles. The lowest BCUT2D eigenvalue weighted by Gasteiger charge is -2.24. The number of rotatable bonds is 3. The quantitative estimate of drug-likeness (QED) is 0.666. The predicted octanol–water partition coefficient (Wildman–Crippen LogP) is 2.57. The van der Waals surface area contributed by atoms with E-state index in [1.165, 1.54) is 0 Å². The number of hydrogen-bond acceptors (Lipinski definition) is 2. The van der Waals surface area contributed by atoms with Gasteiger partial charge in [0.15, 0.2) is 17.5 Å². The van der Waals surface area contributed by atoms with Gasteiger partial charge in [-0.15, -0.1) is 0 Å². The second-order valence-corrected chi connectivity index (χ2v) is 5.55. The van der Waals surface area contributed by atoms with Crippen LogP contribution in [-0.2, 0) is 9.59 Å². The molecule has 1 aromatic rings. The molecule has 3 rings (SSSR count). The lowest BCUT2D eigenvalue weighted by atomic mass is 9.82. The van der Waals surface area contributed by atoms with E-state index in [0.717, 1.165) is 6.07 Å². The monoisotopic (exact) mass is 311 g/mol. The molecule has 2 N–H and O–H groups in total. The van der Waals surface area contributed by atoms with Crippen molar-refractivity contribution in [3.63, 3.8) is 0 Å². The Balaban J connectivity index is 1.85. The largest absolute Gasteiger partial charge is 0.481 e. The van der Waals surface area contributed by atoms with Gasteiger partial charge in [-0.2, -0.15) is 0 Å². The van der Waals surface area contributed by atoms with Gasteiger partial charge in [-0.3, -0.25) is 9.59 Å². The number of carboxylic acids is 1. The molecule has 7 heteroatoms. The van der Waals surface area contributed by atoms with Crippen molar-refractivity contribution < 1.29 is 27.9 Å². The van der Waals surface area contributed by atoms with Crippen molar-refractivity contribution in [1.29, 1.82) is 0 Å². The van der Waals surface area contributed by atoms with Crippen LogP contribution in [0.25, 0.3) is 0 Å². The van der Waals surface area contributed by atoms with Crippen LogP contribution in [0.5, 0.6) is 0 Å². The summed E-state index contributed by atoms with van der Waals surface area (Å²) in [7, 11) is 0. The first-order chi connectivity index (χ1) is 10.4. The number of benzene rings is 1. The van der Waals surface area contributed by atoms with E-state index >= 15 is 0 Å². The van der Waals surface area contributed by atoms with E-state index < -0.39 is 46.9 Å². The van der Waals surface area contributed by atoms with E-state index in [2.05, 4.69) is 5.32 Å². The Morgan fingerprint density at radius 1 is 1.05 bits per heavy atom. The van der Waals surface area contributed by atoms with Crippen LogP contribution in [0.2, 0.25) is 0 Å². The molecule has 1 saturated carbocycles. The molecule has 0 aromatic heterocycles. The fourth-order valence-corrected chi connectivity index (χ4v) is 3.35. The minimum Gasteiger partial charge on any atom is -0.481 e. The summed E-state index contributed by atoms with van der Waals surface area (Å²) >= 11 is 0. The highest BCUT2D eigenvalue weighted by Crippen LogP contribution is 2.48. The molecule has 1 aromatic carbocycles. The van der Waals surface area contributed by atoms with Gasteiger partial charge in [0.25, 0.3) is 0 Å². The van der Waals surface area contributed by atoms with E-state index in [1.807, 2.05) is 0 Å². The van der Waals surface area contributed by atoms with Crippen LogP contribution in [0.15, 0.2) is 24.3 Å². The lowest BCUT2D eigenvalue weighted by Crippen LogP contribution is -2.36. The Kier molecular flexibility index (Phi) is 3.42. The zero-order chi connectivity index (χ0) is 16.0. The summed E-state index contributed by atoms with van der Waals surface area (Å²) in [6, 6.07) is 1.61. The molecule has 0 spiro atoms. The van der Waals surface area contributed by atoms with Gasteiger partial charge in [0.05, 0.1) is 17.5 Å². The Bertz CT molecular complexity index is 689. The molecule has 116 valence electrons. The first-order valence-electron chi connectivity index (χ1n) is 6.75. The topological polar surface area (TPSA) is 66.4 Å². The van der Waals surface area contributed by atoms with Gasteiger partial charge >= 0.3 is 5.97 Å². The Labute approximate surface area is 123 Å². The van der Waals surface area contributed by atoms with E-state index in [0.29, 0.717) is 12.5 Å². The maximum absolute atomic E-state index is 13.6. The summed E-state index contributed by atoms with van der Waals surface area (Å²) in [5, 5.41) is 11.4. The number of allylic oxidation sites excluding steroid dienone is 2. The number of fused-ring (bicyclic) bond motifs is 2. The summed E-state index contributed by atoms with van der Waals surface area (Å²) < 4.78 is 39.6. The van der Waals surface area contributed by atoms with Gasteiger partial charge in [-0.1, -0.05) is 12.2 Å². The average Bonchev–Trinajstić information content (AvgIpc) is 3.08. The third kappa shape index (κ3) is 2.17. The number of hydrogen-bond donors (Lipinski definition) is 2. The number of amides is 1. The summed E-state index contributed by atoms with van der Waals surface area (Å²) in [5.41, 5.74) is -0.500. The molecule has 0 unspecified atom stereocenters. The van der Waals surface area contributed by atoms with Crippen molar-refractivity contribution in [1.82, 2.24) is 0 Å². The SMILES string of the molecule is O=C(O)[C@@H]1[C@H](C(=O)Nc2ccc(F)c(F)c2F)[C@@H]2C=C[C@H]1C2. The van der Waals surface area contributed by atoms with Crippen LogP contribution in [0, 0.1) is 41.1 Å². The van der Waals surface area contributed by atoms with Crippen molar-refractivity contribution in [3.05, 3.63) is 41.7 Å². The first-order valence-corrected chi connectivity index (χ1v) is 6.75. The van der Waals surface area contributed by atoms with Crippen LogP contribution in [-0.4, -0.2) is 17.0 Å². The van der Waals surface area contributed by atoms with Gasteiger partial charge in [0.2, 0.25) is 5.91 Å². The van der Waals surface area contributed by atoms with Crippen molar-refractivity contribution in [2.24, 2.45) is 23.7 Å². The van der Waals surface area contributed by atoms with Gasteiger partial charge in [0.1, 0.15) is 0 Å². The van der Waals surface area contributed by atoms with Crippen LogP contribution in [0.1, 0.15) is 6.42 Å². The molecule has 22 heavy (non-hydrogen) atoms. The number of halogens is 3.